The molecule has 0 spiro atoms. The molecule has 17 heavy (non-hydrogen) atoms. The molecule has 4 heteroatoms. The molecule has 1 aromatic carbocycles. The van der Waals surface area contributed by atoms with Crippen molar-refractivity contribution < 1.29 is 14.2 Å². The first kappa shape index (κ1) is 13.6. The first-order valence-electron chi connectivity index (χ1n) is 5.72. The molecule has 0 heterocycles. The van der Waals surface area contributed by atoms with Crippen molar-refractivity contribution in [2.75, 3.05) is 33.3 Å². The molecule has 0 aliphatic heterocycles. The molecule has 0 amide bonds. The Labute approximate surface area is 103 Å². The highest BCUT2D eigenvalue weighted by Crippen LogP contribution is 2.29. The minimum Gasteiger partial charge on any atom is -0.497 e. The van der Waals surface area contributed by atoms with Crippen LogP contribution in [0.3, 0.4) is 0 Å². The van der Waals surface area contributed by atoms with E-state index in [1.54, 1.807) is 21.3 Å². The lowest BCUT2D eigenvalue weighted by atomic mass is 10.2. The molecule has 1 aromatic rings. The summed E-state index contributed by atoms with van der Waals surface area (Å²) in [5, 5.41) is 3.39. The van der Waals surface area contributed by atoms with Gasteiger partial charge in [-0.05, 0) is 18.6 Å². The summed E-state index contributed by atoms with van der Waals surface area (Å²) < 4.78 is 15.7. The summed E-state index contributed by atoms with van der Waals surface area (Å²) in [6, 6.07) is 5.96. The molecule has 0 aliphatic rings. The van der Waals surface area contributed by atoms with Gasteiger partial charge in [0.2, 0.25) is 0 Å². The highest BCUT2D eigenvalue weighted by Gasteiger charge is 2.10. The molecule has 1 rings (SSSR count). The predicted molar refractivity (Wildman–Crippen MR) is 69.1 cm³/mol. The van der Waals surface area contributed by atoms with E-state index in [1.807, 2.05) is 18.2 Å². The van der Waals surface area contributed by atoms with E-state index < -0.39 is 0 Å². The van der Waals surface area contributed by atoms with Crippen LogP contribution in [0.1, 0.15) is 13.3 Å². The van der Waals surface area contributed by atoms with E-state index in [4.69, 9.17) is 14.2 Å². The molecule has 0 saturated carbocycles. The van der Waals surface area contributed by atoms with Crippen LogP contribution in [-0.4, -0.2) is 34.0 Å². The highest BCUT2D eigenvalue weighted by atomic mass is 16.5. The van der Waals surface area contributed by atoms with Crippen LogP contribution in [0, 0.1) is 0 Å². The summed E-state index contributed by atoms with van der Waals surface area (Å²) in [7, 11) is 5.01. The minimum absolute atomic E-state index is 0.265. The van der Waals surface area contributed by atoms with Gasteiger partial charge in [0.05, 0.1) is 26.5 Å². The lowest BCUT2D eigenvalue weighted by Gasteiger charge is -2.19. The molecule has 1 N–H and O–H groups in total. The van der Waals surface area contributed by atoms with Gasteiger partial charge >= 0.3 is 0 Å². The van der Waals surface area contributed by atoms with Gasteiger partial charge < -0.3 is 19.5 Å². The quantitative estimate of drug-likeness (QED) is 0.793. The smallest absolute Gasteiger partial charge is 0.142 e. The van der Waals surface area contributed by atoms with Crippen molar-refractivity contribution >= 4 is 5.69 Å². The van der Waals surface area contributed by atoms with Crippen molar-refractivity contribution in [1.29, 1.82) is 0 Å². The maximum atomic E-state index is 5.31. The second-order valence-electron chi connectivity index (χ2n) is 3.77. The molecule has 4 nitrogen and oxygen atoms in total. The Bertz CT molecular complexity index is 341. The van der Waals surface area contributed by atoms with E-state index >= 15 is 0 Å². The van der Waals surface area contributed by atoms with Crippen molar-refractivity contribution in [3.63, 3.8) is 0 Å². The van der Waals surface area contributed by atoms with Crippen molar-refractivity contribution in [2.24, 2.45) is 0 Å². The van der Waals surface area contributed by atoms with Crippen molar-refractivity contribution in [3.8, 4) is 11.5 Å². The Hall–Kier alpha value is -1.42. The van der Waals surface area contributed by atoms with Gasteiger partial charge in [-0.25, -0.2) is 0 Å². The third-order valence-corrected chi connectivity index (χ3v) is 2.63. The number of ether oxygens (including phenoxy) is 3. The Morgan fingerprint density at radius 1 is 1.18 bits per heavy atom. The number of benzene rings is 1. The van der Waals surface area contributed by atoms with Crippen molar-refractivity contribution in [3.05, 3.63) is 18.2 Å². The van der Waals surface area contributed by atoms with Crippen LogP contribution in [0.2, 0.25) is 0 Å². The zero-order valence-electron chi connectivity index (χ0n) is 10.9. The second kappa shape index (κ2) is 7.01. The zero-order valence-corrected chi connectivity index (χ0v) is 10.9. The third-order valence-electron chi connectivity index (χ3n) is 2.63. The standard InChI is InChI=1S/C13H21NO3/c1-5-10(9-15-2)14-12-8-11(16-3)6-7-13(12)17-4/h6-8,10,14H,5,9H2,1-4H3. The van der Waals surface area contributed by atoms with Crippen LogP contribution in [0.25, 0.3) is 0 Å². The summed E-state index contributed by atoms with van der Waals surface area (Å²) in [6.45, 7) is 2.78. The summed E-state index contributed by atoms with van der Waals surface area (Å²) >= 11 is 0. The van der Waals surface area contributed by atoms with Crippen molar-refractivity contribution in [1.82, 2.24) is 0 Å². The first-order chi connectivity index (χ1) is 8.24. The van der Waals surface area contributed by atoms with Gasteiger partial charge in [0.15, 0.2) is 0 Å². The number of methoxy groups -OCH3 is 3. The minimum atomic E-state index is 0.265. The molecule has 1 atom stereocenters. The van der Waals surface area contributed by atoms with Gasteiger partial charge in [-0.3, -0.25) is 0 Å². The fourth-order valence-corrected chi connectivity index (χ4v) is 1.61. The van der Waals surface area contributed by atoms with Crippen LogP contribution in [0.4, 0.5) is 5.69 Å². The van der Waals surface area contributed by atoms with Gasteiger partial charge in [-0.2, -0.15) is 0 Å². The monoisotopic (exact) mass is 239 g/mol. The fourth-order valence-electron chi connectivity index (χ4n) is 1.61. The van der Waals surface area contributed by atoms with Crippen LogP contribution < -0.4 is 14.8 Å². The number of rotatable bonds is 7. The maximum Gasteiger partial charge on any atom is 0.142 e. The summed E-state index contributed by atoms with van der Waals surface area (Å²) in [5.74, 6) is 1.61. The predicted octanol–water partition coefficient (Wildman–Crippen LogP) is 2.54. The number of hydrogen-bond acceptors (Lipinski definition) is 4. The van der Waals surface area contributed by atoms with E-state index in [0.717, 1.165) is 23.6 Å². The Kier molecular flexibility index (Phi) is 5.63. The number of nitrogens with one attached hydrogen (secondary N) is 1. The fraction of sp³-hybridized carbons (Fsp3) is 0.538. The molecular formula is C13H21NO3. The van der Waals surface area contributed by atoms with Gasteiger partial charge in [-0.15, -0.1) is 0 Å². The first-order valence-corrected chi connectivity index (χ1v) is 5.72. The lowest BCUT2D eigenvalue weighted by molar-refractivity contribution is 0.184. The summed E-state index contributed by atoms with van der Waals surface area (Å²) in [5.41, 5.74) is 0.927. The van der Waals surface area contributed by atoms with E-state index in [2.05, 4.69) is 12.2 Å². The summed E-state index contributed by atoms with van der Waals surface area (Å²) in [4.78, 5) is 0. The highest BCUT2D eigenvalue weighted by molar-refractivity contribution is 5.60. The molecule has 0 fully saturated rings. The van der Waals surface area contributed by atoms with Crippen molar-refractivity contribution in [2.45, 2.75) is 19.4 Å². The van der Waals surface area contributed by atoms with Crippen LogP contribution in [0.15, 0.2) is 18.2 Å². The SMILES string of the molecule is CCC(COC)Nc1cc(OC)ccc1OC. The van der Waals surface area contributed by atoms with Crippen LogP contribution in [-0.2, 0) is 4.74 Å². The average Bonchev–Trinajstić information content (AvgIpc) is 2.38. The molecule has 1 unspecified atom stereocenters. The second-order valence-corrected chi connectivity index (χ2v) is 3.77. The van der Waals surface area contributed by atoms with E-state index in [1.165, 1.54) is 0 Å². The average molecular weight is 239 g/mol. The molecule has 0 aromatic heterocycles. The Morgan fingerprint density at radius 3 is 2.47 bits per heavy atom. The van der Waals surface area contributed by atoms with Crippen LogP contribution >= 0.6 is 0 Å². The maximum absolute atomic E-state index is 5.31. The Morgan fingerprint density at radius 2 is 1.94 bits per heavy atom. The van der Waals surface area contributed by atoms with Gasteiger partial charge in [0, 0.05) is 19.2 Å². The molecule has 0 saturated heterocycles. The third kappa shape index (κ3) is 3.82. The zero-order chi connectivity index (χ0) is 12.7. The van der Waals surface area contributed by atoms with Crippen LogP contribution in [0.5, 0.6) is 11.5 Å². The van der Waals surface area contributed by atoms with Gasteiger partial charge in [0.1, 0.15) is 11.5 Å². The number of hydrogen-bond donors (Lipinski definition) is 1. The molecule has 0 radical (unpaired) electrons. The van der Waals surface area contributed by atoms with E-state index in [-0.39, 0.29) is 6.04 Å². The van der Waals surface area contributed by atoms with E-state index in [0.29, 0.717) is 6.61 Å². The Balaban J connectivity index is 2.85. The molecule has 0 aliphatic carbocycles. The largest absolute Gasteiger partial charge is 0.497 e. The van der Waals surface area contributed by atoms with E-state index in [9.17, 15) is 0 Å². The molecule has 96 valence electrons. The topological polar surface area (TPSA) is 39.7 Å². The molecular weight excluding hydrogens is 218 g/mol. The van der Waals surface area contributed by atoms with Gasteiger partial charge in [0.25, 0.3) is 0 Å². The summed E-state index contributed by atoms with van der Waals surface area (Å²) in [6.07, 6.45) is 0.980. The lowest BCUT2D eigenvalue weighted by Crippen LogP contribution is -2.24. The molecule has 0 bridgehead atoms. The normalized spacial score (nSPS) is 12.0. The van der Waals surface area contributed by atoms with Gasteiger partial charge in [-0.1, -0.05) is 6.92 Å². The number of anilines is 1.